The minimum absolute atomic E-state index is 0.0148. The van der Waals surface area contributed by atoms with E-state index in [-0.39, 0.29) is 5.78 Å². The number of benzene rings is 1. The van der Waals surface area contributed by atoms with Gasteiger partial charge >= 0.3 is 0 Å². The molecule has 0 spiro atoms. The van der Waals surface area contributed by atoms with Gasteiger partial charge in [0.05, 0.1) is 0 Å². The number of allylic oxidation sites excluding steroid dienone is 1. The molecule has 0 radical (unpaired) electrons. The second kappa shape index (κ2) is 4.63. The summed E-state index contributed by atoms with van der Waals surface area (Å²) in [5, 5.41) is 1.11. The molecule has 0 heterocycles. The molecule has 0 N–H and O–H groups in total. The summed E-state index contributed by atoms with van der Waals surface area (Å²) in [4.78, 5) is 11.0. The Labute approximate surface area is 93.3 Å². The van der Waals surface area contributed by atoms with E-state index in [9.17, 15) is 4.79 Å². The SMILES string of the molecule is CC(=O)/C(C)=C/c1c(Cl)cccc1Cl. The fraction of sp³-hybridized carbons (Fsp3) is 0.182. The van der Waals surface area contributed by atoms with Crippen LogP contribution in [0.4, 0.5) is 0 Å². The van der Waals surface area contributed by atoms with Crippen molar-refractivity contribution in [1.29, 1.82) is 0 Å². The maximum Gasteiger partial charge on any atom is 0.155 e. The molecule has 0 saturated carbocycles. The predicted octanol–water partition coefficient (Wildman–Crippen LogP) is 3.99. The Morgan fingerprint density at radius 1 is 1.21 bits per heavy atom. The molecule has 1 aromatic carbocycles. The molecule has 0 unspecified atom stereocenters. The maximum atomic E-state index is 11.0. The third-order valence-electron chi connectivity index (χ3n) is 1.92. The van der Waals surface area contributed by atoms with Crippen molar-refractivity contribution in [3.63, 3.8) is 0 Å². The molecule has 0 aliphatic carbocycles. The third-order valence-corrected chi connectivity index (χ3v) is 2.58. The molecule has 1 nitrogen and oxygen atoms in total. The number of rotatable bonds is 2. The number of halogens is 2. The standard InChI is InChI=1S/C11H10Cl2O/c1-7(8(2)14)6-9-10(12)4-3-5-11(9)13/h3-6H,1-2H3/b7-6+. The zero-order valence-electron chi connectivity index (χ0n) is 7.97. The van der Waals surface area contributed by atoms with Crippen LogP contribution in [0.2, 0.25) is 10.0 Å². The molecule has 3 heteroatoms. The van der Waals surface area contributed by atoms with Gasteiger partial charge in [-0.1, -0.05) is 29.3 Å². The zero-order chi connectivity index (χ0) is 10.7. The number of Topliss-reactive ketones (excluding diaryl/α,β-unsaturated/α-hetero) is 1. The van der Waals surface area contributed by atoms with E-state index in [0.717, 1.165) is 0 Å². The lowest BCUT2D eigenvalue weighted by molar-refractivity contribution is -0.113. The lowest BCUT2D eigenvalue weighted by atomic mass is 10.1. The van der Waals surface area contributed by atoms with Gasteiger partial charge in [0.25, 0.3) is 0 Å². The highest BCUT2D eigenvalue weighted by atomic mass is 35.5. The fourth-order valence-electron chi connectivity index (χ4n) is 0.967. The van der Waals surface area contributed by atoms with Crippen molar-refractivity contribution < 1.29 is 4.79 Å². The highest BCUT2D eigenvalue weighted by molar-refractivity contribution is 6.37. The number of carbonyl (C=O) groups is 1. The lowest BCUT2D eigenvalue weighted by Gasteiger charge is -2.02. The van der Waals surface area contributed by atoms with E-state index in [1.54, 1.807) is 31.2 Å². The summed E-state index contributed by atoms with van der Waals surface area (Å²) in [6.07, 6.45) is 1.70. The van der Waals surface area contributed by atoms with Crippen LogP contribution in [0.3, 0.4) is 0 Å². The van der Waals surface area contributed by atoms with E-state index in [0.29, 0.717) is 21.2 Å². The van der Waals surface area contributed by atoms with Gasteiger partial charge in [-0.25, -0.2) is 0 Å². The molecule has 1 aromatic rings. The van der Waals surface area contributed by atoms with Crippen LogP contribution in [0, 0.1) is 0 Å². The van der Waals surface area contributed by atoms with Crippen LogP contribution in [0.1, 0.15) is 19.4 Å². The van der Waals surface area contributed by atoms with Gasteiger partial charge in [-0.2, -0.15) is 0 Å². The number of hydrogen-bond donors (Lipinski definition) is 0. The molecule has 0 aliphatic rings. The zero-order valence-corrected chi connectivity index (χ0v) is 9.49. The summed E-state index contributed by atoms with van der Waals surface area (Å²) in [6, 6.07) is 5.25. The van der Waals surface area contributed by atoms with E-state index in [1.165, 1.54) is 6.92 Å². The maximum absolute atomic E-state index is 11.0. The van der Waals surface area contributed by atoms with Gasteiger partial charge in [-0.3, -0.25) is 4.79 Å². The van der Waals surface area contributed by atoms with Gasteiger partial charge in [-0.15, -0.1) is 0 Å². The summed E-state index contributed by atoms with van der Waals surface area (Å²) in [6.45, 7) is 3.25. The Bertz CT molecular complexity index is 374. The van der Waals surface area contributed by atoms with Crippen LogP contribution in [0.25, 0.3) is 6.08 Å². The fourth-order valence-corrected chi connectivity index (χ4v) is 1.47. The number of ketones is 1. The molecule has 1 rings (SSSR count). The lowest BCUT2D eigenvalue weighted by Crippen LogP contribution is -1.91. The third kappa shape index (κ3) is 2.60. The van der Waals surface area contributed by atoms with Gasteiger partial charge < -0.3 is 0 Å². The van der Waals surface area contributed by atoms with Crippen molar-refractivity contribution in [2.24, 2.45) is 0 Å². The predicted molar refractivity (Wildman–Crippen MR) is 60.8 cm³/mol. The summed E-state index contributed by atoms with van der Waals surface area (Å²) in [5.74, 6) is 0.0148. The normalized spacial score (nSPS) is 11.6. The first-order chi connectivity index (χ1) is 6.52. The van der Waals surface area contributed by atoms with Crippen molar-refractivity contribution >= 4 is 35.1 Å². The van der Waals surface area contributed by atoms with E-state index < -0.39 is 0 Å². The van der Waals surface area contributed by atoms with Crippen LogP contribution in [-0.4, -0.2) is 5.78 Å². The highest BCUT2D eigenvalue weighted by Crippen LogP contribution is 2.26. The van der Waals surface area contributed by atoms with Crippen LogP contribution < -0.4 is 0 Å². The Balaban J connectivity index is 3.20. The summed E-state index contributed by atoms with van der Waals surface area (Å²) >= 11 is 11.9. The molecule has 0 bridgehead atoms. The largest absolute Gasteiger partial charge is 0.295 e. The Kier molecular flexibility index (Phi) is 3.73. The number of carbonyl (C=O) groups excluding carboxylic acids is 1. The molecule has 0 saturated heterocycles. The molecule has 14 heavy (non-hydrogen) atoms. The van der Waals surface area contributed by atoms with Crippen LogP contribution >= 0.6 is 23.2 Å². The van der Waals surface area contributed by atoms with Gasteiger partial charge in [0.1, 0.15) is 0 Å². The van der Waals surface area contributed by atoms with E-state index in [1.807, 2.05) is 0 Å². The average molecular weight is 229 g/mol. The first-order valence-electron chi connectivity index (χ1n) is 4.15. The molecular weight excluding hydrogens is 219 g/mol. The first kappa shape index (κ1) is 11.3. The van der Waals surface area contributed by atoms with Gasteiger partial charge in [-0.05, 0) is 37.6 Å². The number of hydrogen-bond acceptors (Lipinski definition) is 1. The minimum atomic E-state index is 0.0148. The van der Waals surface area contributed by atoms with E-state index >= 15 is 0 Å². The summed E-state index contributed by atoms with van der Waals surface area (Å²) in [7, 11) is 0. The Morgan fingerprint density at radius 2 is 1.71 bits per heavy atom. The smallest absolute Gasteiger partial charge is 0.155 e. The molecule has 0 fully saturated rings. The average Bonchev–Trinajstić information content (AvgIpc) is 2.11. The van der Waals surface area contributed by atoms with Crippen LogP contribution in [0.5, 0.6) is 0 Å². The van der Waals surface area contributed by atoms with Crippen molar-refractivity contribution in [3.05, 3.63) is 39.4 Å². The second-order valence-electron chi connectivity index (χ2n) is 3.02. The minimum Gasteiger partial charge on any atom is -0.295 e. The van der Waals surface area contributed by atoms with E-state index in [2.05, 4.69) is 0 Å². The topological polar surface area (TPSA) is 17.1 Å². The van der Waals surface area contributed by atoms with Crippen LogP contribution in [0.15, 0.2) is 23.8 Å². The van der Waals surface area contributed by atoms with Gasteiger partial charge in [0.15, 0.2) is 5.78 Å². The van der Waals surface area contributed by atoms with Crippen molar-refractivity contribution in [3.8, 4) is 0 Å². The molecular formula is C11H10Cl2O. The van der Waals surface area contributed by atoms with Gasteiger partial charge in [0.2, 0.25) is 0 Å². The molecule has 0 amide bonds. The first-order valence-corrected chi connectivity index (χ1v) is 4.91. The van der Waals surface area contributed by atoms with Crippen molar-refractivity contribution in [1.82, 2.24) is 0 Å². The summed E-state index contributed by atoms with van der Waals surface area (Å²) in [5.41, 5.74) is 1.34. The monoisotopic (exact) mass is 228 g/mol. The van der Waals surface area contributed by atoms with Crippen molar-refractivity contribution in [2.75, 3.05) is 0 Å². The molecule has 0 aromatic heterocycles. The Morgan fingerprint density at radius 3 is 2.14 bits per heavy atom. The highest BCUT2D eigenvalue weighted by Gasteiger charge is 2.04. The quantitative estimate of drug-likeness (QED) is 0.701. The van der Waals surface area contributed by atoms with Gasteiger partial charge in [0, 0.05) is 15.6 Å². The second-order valence-corrected chi connectivity index (χ2v) is 3.83. The van der Waals surface area contributed by atoms with E-state index in [4.69, 9.17) is 23.2 Å². The van der Waals surface area contributed by atoms with Crippen molar-refractivity contribution in [2.45, 2.75) is 13.8 Å². The molecule has 74 valence electrons. The molecule has 0 aliphatic heterocycles. The summed E-state index contributed by atoms with van der Waals surface area (Å²) < 4.78 is 0. The Hall–Kier alpha value is -0.790. The molecule has 0 atom stereocenters. The van der Waals surface area contributed by atoms with Crippen LogP contribution in [-0.2, 0) is 4.79 Å².